The Morgan fingerprint density at radius 1 is 1.33 bits per heavy atom. The van der Waals surface area contributed by atoms with Crippen molar-refractivity contribution in [2.45, 2.75) is 58.9 Å². The van der Waals surface area contributed by atoms with Crippen LogP contribution in [-0.4, -0.2) is 44.9 Å². The SMILES string of the molecule is CCCCC(NC(=O)CCc1c(C)nc2c(c(OC)nn2C)c1C)C(=O)O. The van der Waals surface area contributed by atoms with Gasteiger partial charge in [-0.3, -0.25) is 4.79 Å². The molecule has 0 saturated carbocycles. The molecule has 8 heteroatoms. The smallest absolute Gasteiger partial charge is 0.326 e. The van der Waals surface area contributed by atoms with Crippen LogP contribution < -0.4 is 10.1 Å². The van der Waals surface area contributed by atoms with Crippen LogP contribution in [0.5, 0.6) is 5.88 Å². The minimum absolute atomic E-state index is 0.202. The Labute approximate surface area is 158 Å². The van der Waals surface area contributed by atoms with Gasteiger partial charge in [0.05, 0.1) is 12.5 Å². The van der Waals surface area contributed by atoms with E-state index in [1.165, 1.54) is 0 Å². The van der Waals surface area contributed by atoms with Crippen molar-refractivity contribution in [1.29, 1.82) is 0 Å². The predicted molar refractivity (Wildman–Crippen MR) is 102 cm³/mol. The zero-order valence-electron chi connectivity index (χ0n) is 16.6. The summed E-state index contributed by atoms with van der Waals surface area (Å²) in [6.45, 7) is 5.86. The number of pyridine rings is 1. The number of fused-ring (bicyclic) bond motifs is 1. The van der Waals surface area contributed by atoms with Crippen LogP contribution in [0.3, 0.4) is 0 Å². The number of unbranched alkanes of at least 4 members (excludes halogenated alkanes) is 1. The zero-order chi connectivity index (χ0) is 20.1. The van der Waals surface area contributed by atoms with Gasteiger partial charge in [0, 0.05) is 19.2 Å². The summed E-state index contributed by atoms with van der Waals surface area (Å²) < 4.78 is 7.03. The maximum Gasteiger partial charge on any atom is 0.326 e. The number of carboxylic acids is 1. The van der Waals surface area contributed by atoms with E-state index in [2.05, 4.69) is 15.4 Å². The van der Waals surface area contributed by atoms with Gasteiger partial charge in [0.1, 0.15) is 6.04 Å². The lowest BCUT2D eigenvalue weighted by Gasteiger charge is -2.15. The molecule has 0 bridgehead atoms. The molecule has 2 heterocycles. The molecule has 8 nitrogen and oxygen atoms in total. The highest BCUT2D eigenvalue weighted by atomic mass is 16.5. The molecule has 0 aliphatic rings. The van der Waals surface area contributed by atoms with Crippen LogP contribution in [0.4, 0.5) is 0 Å². The van der Waals surface area contributed by atoms with Gasteiger partial charge >= 0.3 is 5.97 Å². The minimum atomic E-state index is -0.993. The number of rotatable bonds is 9. The molecule has 2 aromatic rings. The monoisotopic (exact) mass is 376 g/mol. The van der Waals surface area contributed by atoms with Crippen LogP contribution in [0.15, 0.2) is 0 Å². The molecule has 0 fully saturated rings. The topological polar surface area (TPSA) is 106 Å². The fourth-order valence-electron chi connectivity index (χ4n) is 3.28. The highest BCUT2D eigenvalue weighted by Gasteiger charge is 2.21. The van der Waals surface area contributed by atoms with Gasteiger partial charge in [-0.1, -0.05) is 19.8 Å². The van der Waals surface area contributed by atoms with E-state index in [1.54, 1.807) is 11.8 Å². The molecule has 0 aromatic carbocycles. The summed E-state index contributed by atoms with van der Waals surface area (Å²) in [4.78, 5) is 28.2. The third kappa shape index (κ3) is 4.56. The van der Waals surface area contributed by atoms with E-state index < -0.39 is 12.0 Å². The van der Waals surface area contributed by atoms with Gasteiger partial charge < -0.3 is 15.2 Å². The molecule has 0 aliphatic heterocycles. The molecule has 0 spiro atoms. The fraction of sp³-hybridized carbons (Fsp3) is 0.579. The summed E-state index contributed by atoms with van der Waals surface area (Å²) >= 11 is 0. The summed E-state index contributed by atoms with van der Waals surface area (Å²) in [7, 11) is 3.38. The second-order valence-electron chi connectivity index (χ2n) is 6.73. The van der Waals surface area contributed by atoms with Crippen molar-refractivity contribution in [3.8, 4) is 5.88 Å². The van der Waals surface area contributed by atoms with Crippen LogP contribution in [0.1, 0.15) is 49.4 Å². The van der Waals surface area contributed by atoms with Crippen LogP contribution >= 0.6 is 0 Å². The van der Waals surface area contributed by atoms with Gasteiger partial charge in [0.25, 0.3) is 0 Å². The quantitative estimate of drug-likeness (QED) is 0.695. The summed E-state index contributed by atoms with van der Waals surface area (Å²) in [5.41, 5.74) is 3.51. The van der Waals surface area contributed by atoms with Gasteiger partial charge in [0.2, 0.25) is 11.8 Å². The van der Waals surface area contributed by atoms with E-state index >= 15 is 0 Å². The number of nitrogens with one attached hydrogen (secondary N) is 1. The number of aliphatic carboxylic acids is 1. The first kappa shape index (κ1) is 20.7. The van der Waals surface area contributed by atoms with Crippen molar-refractivity contribution < 1.29 is 19.4 Å². The van der Waals surface area contributed by atoms with Gasteiger partial charge in [0.15, 0.2) is 5.65 Å². The second kappa shape index (κ2) is 8.83. The first-order chi connectivity index (χ1) is 12.8. The minimum Gasteiger partial charge on any atom is -0.480 e. The molecule has 1 unspecified atom stereocenters. The van der Waals surface area contributed by atoms with Crippen molar-refractivity contribution >= 4 is 22.9 Å². The van der Waals surface area contributed by atoms with Crippen molar-refractivity contribution in [3.05, 3.63) is 16.8 Å². The zero-order valence-corrected chi connectivity index (χ0v) is 16.6. The van der Waals surface area contributed by atoms with Crippen LogP contribution in [0.2, 0.25) is 0 Å². The van der Waals surface area contributed by atoms with Crippen molar-refractivity contribution in [2.75, 3.05) is 7.11 Å². The number of carbonyl (C=O) groups excluding carboxylic acids is 1. The lowest BCUT2D eigenvalue weighted by atomic mass is 10.00. The number of ether oxygens (including phenoxy) is 1. The molecule has 0 radical (unpaired) electrons. The van der Waals surface area contributed by atoms with Gasteiger partial charge in [-0.15, -0.1) is 5.10 Å². The molecular weight excluding hydrogens is 348 g/mol. The van der Waals surface area contributed by atoms with Crippen LogP contribution in [0, 0.1) is 13.8 Å². The fourth-order valence-corrected chi connectivity index (χ4v) is 3.28. The molecule has 27 heavy (non-hydrogen) atoms. The van der Waals surface area contributed by atoms with E-state index in [0.717, 1.165) is 40.7 Å². The van der Waals surface area contributed by atoms with E-state index in [1.807, 2.05) is 27.8 Å². The van der Waals surface area contributed by atoms with E-state index in [9.17, 15) is 14.7 Å². The highest BCUT2D eigenvalue weighted by Crippen LogP contribution is 2.30. The van der Waals surface area contributed by atoms with Crippen molar-refractivity contribution in [2.24, 2.45) is 7.05 Å². The van der Waals surface area contributed by atoms with E-state index in [0.29, 0.717) is 18.7 Å². The molecule has 2 aromatic heterocycles. The standard InChI is InChI=1S/C19H28N4O4/c1-6-7-8-14(19(25)26)21-15(24)10-9-13-11(2)16-17(20-12(13)3)23(4)22-18(16)27-5/h14H,6-10H2,1-5H3,(H,21,24)(H,25,26). The first-order valence-electron chi connectivity index (χ1n) is 9.19. The van der Waals surface area contributed by atoms with Gasteiger partial charge in [-0.25, -0.2) is 14.5 Å². The summed E-state index contributed by atoms with van der Waals surface area (Å²) in [6.07, 6.45) is 2.77. The Balaban J connectivity index is 2.16. The molecule has 0 aliphatic carbocycles. The number of hydrogen-bond donors (Lipinski definition) is 2. The highest BCUT2D eigenvalue weighted by molar-refractivity contribution is 5.87. The third-order valence-corrected chi connectivity index (χ3v) is 4.80. The molecule has 148 valence electrons. The summed E-state index contributed by atoms with van der Waals surface area (Å²) in [5, 5.41) is 17.0. The Morgan fingerprint density at radius 2 is 2.04 bits per heavy atom. The average Bonchev–Trinajstić information content (AvgIpc) is 2.94. The lowest BCUT2D eigenvalue weighted by molar-refractivity contribution is -0.142. The molecule has 0 saturated heterocycles. The van der Waals surface area contributed by atoms with Crippen LogP contribution in [-0.2, 0) is 23.1 Å². The maximum absolute atomic E-state index is 12.3. The van der Waals surface area contributed by atoms with Gasteiger partial charge in [-0.2, -0.15) is 0 Å². The first-order valence-corrected chi connectivity index (χ1v) is 9.19. The number of aryl methyl sites for hydroxylation is 3. The lowest BCUT2D eigenvalue weighted by Crippen LogP contribution is -2.40. The maximum atomic E-state index is 12.3. The normalized spacial score (nSPS) is 12.2. The molecule has 2 rings (SSSR count). The van der Waals surface area contributed by atoms with Crippen molar-refractivity contribution in [3.63, 3.8) is 0 Å². The average molecular weight is 376 g/mol. The van der Waals surface area contributed by atoms with E-state index in [4.69, 9.17) is 4.74 Å². The predicted octanol–water partition coefficient (Wildman–Crippen LogP) is 2.29. The Bertz CT molecular complexity index is 844. The Morgan fingerprint density at radius 3 is 2.63 bits per heavy atom. The van der Waals surface area contributed by atoms with Crippen molar-refractivity contribution in [1.82, 2.24) is 20.1 Å². The number of carboxylic acid groups (broad SMARTS) is 1. The number of aromatic nitrogens is 3. The number of carbonyl (C=O) groups is 2. The van der Waals surface area contributed by atoms with E-state index in [-0.39, 0.29) is 12.3 Å². The molecular formula is C19H28N4O4. The van der Waals surface area contributed by atoms with Gasteiger partial charge in [-0.05, 0) is 37.8 Å². The molecule has 1 amide bonds. The van der Waals surface area contributed by atoms with Crippen LogP contribution in [0.25, 0.3) is 11.0 Å². The summed E-state index contributed by atoms with van der Waals surface area (Å²) in [6, 6.07) is -0.835. The molecule has 1 atom stereocenters. The number of nitrogens with zero attached hydrogens (tertiary/aromatic N) is 3. The Hall–Kier alpha value is -2.64. The summed E-state index contributed by atoms with van der Waals surface area (Å²) in [5.74, 6) is -0.753. The molecule has 2 N–H and O–H groups in total. The number of hydrogen-bond acceptors (Lipinski definition) is 5. The largest absolute Gasteiger partial charge is 0.480 e. The number of amides is 1. The second-order valence-corrected chi connectivity index (χ2v) is 6.73. The Kier molecular flexibility index (Phi) is 6.76. The number of methoxy groups -OCH3 is 1. The third-order valence-electron chi connectivity index (χ3n) is 4.80.